The van der Waals surface area contributed by atoms with Gasteiger partial charge in [0.1, 0.15) is 0 Å². The number of benzene rings is 2. The van der Waals surface area contributed by atoms with Crippen molar-refractivity contribution in [1.29, 1.82) is 0 Å². The van der Waals surface area contributed by atoms with Crippen molar-refractivity contribution in [3.8, 4) is 0 Å². The van der Waals surface area contributed by atoms with E-state index in [0.29, 0.717) is 24.9 Å². The van der Waals surface area contributed by atoms with E-state index in [9.17, 15) is 22.8 Å². The van der Waals surface area contributed by atoms with Gasteiger partial charge < -0.3 is 10.2 Å². The summed E-state index contributed by atoms with van der Waals surface area (Å²) >= 11 is 11.9. The highest BCUT2D eigenvalue weighted by atomic mass is 35.5. The Labute approximate surface area is 180 Å². The molecule has 1 heterocycles. The lowest BCUT2D eigenvalue weighted by atomic mass is 9.78. The van der Waals surface area contributed by atoms with Crippen molar-refractivity contribution in [3.63, 3.8) is 0 Å². The van der Waals surface area contributed by atoms with E-state index < -0.39 is 23.9 Å². The molecule has 1 aliphatic heterocycles. The Morgan fingerprint density at radius 2 is 1.83 bits per heavy atom. The van der Waals surface area contributed by atoms with Gasteiger partial charge in [-0.05, 0) is 66.3 Å². The van der Waals surface area contributed by atoms with Gasteiger partial charge >= 0.3 is 6.18 Å². The number of amides is 2. The second kappa shape index (κ2) is 7.46. The molecule has 0 bridgehead atoms. The van der Waals surface area contributed by atoms with Crippen LogP contribution in [0, 0.1) is 0 Å². The lowest BCUT2D eigenvalue weighted by molar-refractivity contribution is -0.190. The fourth-order valence-corrected chi connectivity index (χ4v) is 5.01. The van der Waals surface area contributed by atoms with E-state index in [1.807, 2.05) is 0 Å². The maximum absolute atomic E-state index is 14.3. The highest BCUT2D eigenvalue weighted by molar-refractivity contribution is 6.34. The van der Waals surface area contributed by atoms with E-state index in [1.54, 1.807) is 18.2 Å². The molecule has 2 aromatic carbocycles. The summed E-state index contributed by atoms with van der Waals surface area (Å²) in [4.78, 5) is 25.1. The van der Waals surface area contributed by atoms with Gasteiger partial charge in [0.15, 0.2) is 5.41 Å². The van der Waals surface area contributed by atoms with Crippen molar-refractivity contribution in [2.24, 2.45) is 0 Å². The summed E-state index contributed by atoms with van der Waals surface area (Å²) in [5, 5.41) is 2.81. The van der Waals surface area contributed by atoms with Crippen molar-refractivity contribution < 1.29 is 22.8 Å². The van der Waals surface area contributed by atoms with Crippen LogP contribution in [0.4, 0.5) is 18.9 Å². The molecule has 9 heteroatoms. The number of carbonyl (C=O) groups excluding carboxylic acids is 2. The molecular weight excluding hydrogens is 440 g/mol. The molecule has 0 radical (unpaired) electrons. The largest absolute Gasteiger partial charge is 0.407 e. The summed E-state index contributed by atoms with van der Waals surface area (Å²) in [6.07, 6.45) is -3.24. The molecule has 1 N–H and O–H groups in total. The van der Waals surface area contributed by atoms with Gasteiger partial charge in [-0.1, -0.05) is 29.3 Å². The Balaban J connectivity index is 1.74. The van der Waals surface area contributed by atoms with Crippen LogP contribution in [0.2, 0.25) is 10.0 Å². The second-order valence-electron chi connectivity index (χ2n) is 7.53. The van der Waals surface area contributed by atoms with Gasteiger partial charge in [0.05, 0.1) is 6.04 Å². The van der Waals surface area contributed by atoms with Gasteiger partial charge in [0.2, 0.25) is 12.3 Å². The Bertz CT molecular complexity index is 1010. The Kier molecular flexibility index (Phi) is 5.22. The maximum Gasteiger partial charge on any atom is 0.407 e. The first-order valence-electron chi connectivity index (χ1n) is 9.35. The molecule has 1 saturated heterocycles. The number of nitrogens with one attached hydrogen (secondary N) is 1. The minimum atomic E-state index is -4.82. The molecule has 2 atom stereocenters. The molecule has 2 unspecified atom stereocenters. The summed E-state index contributed by atoms with van der Waals surface area (Å²) in [5.74, 6) is -1.05. The molecule has 0 spiro atoms. The van der Waals surface area contributed by atoms with Crippen LogP contribution in [0.3, 0.4) is 0 Å². The van der Waals surface area contributed by atoms with Crippen molar-refractivity contribution in [2.45, 2.75) is 36.9 Å². The number of aryl methyl sites for hydroxylation is 1. The number of nitrogens with zero attached hydrogens (tertiary/aromatic N) is 1. The molecule has 1 aliphatic carbocycles. The number of fused-ring (bicyclic) bond motifs is 1. The second-order valence-corrected chi connectivity index (χ2v) is 8.40. The minimum Gasteiger partial charge on any atom is -0.352 e. The third kappa shape index (κ3) is 3.24. The van der Waals surface area contributed by atoms with Crippen LogP contribution in [0.5, 0.6) is 0 Å². The van der Waals surface area contributed by atoms with Crippen LogP contribution in [0.15, 0.2) is 36.4 Å². The van der Waals surface area contributed by atoms with Crippen LogP contribution in [0.1, 0.15) is 35.6 Å². The van der Waals surface area contributed by atoms with Crippen LogP contribution in [-0.4, -0.2) is 25.0 Å². The lowest BCUT2D eigenvalue weighted by Gasteiger charge is -2.31. The number of anilines is 1. The first-order chi connectivity index (χ1) is 14.2. The standard InChI is InChI=1S/C21H17Cl2F3N2O2/c22-14-8-13(9-15(23)10-14)20(21(24,25)26)5-6-28(19(20)30)16-2-3-17-12(7-16)1-4-18(17)27-11-29/h2-3,7-11,18H,1,4-6H2,(H,27,29). The predicted molar refractivity (Wildman–Crippen MR) is 108 cm³/mol. The number of rotatable bonds is 4. The summed E-state index contributed by atoms with van der Waals surface area (Å²) < 4.78 is 42.9. The fourth-order valence-electron chi connectivity index (χ4n) is 4.49. The highest BCUT2D eigenvalue weighted by Gasteiger charge is 2.65. The van der Waals surface area contributed by atoms with E-state index >= 15 is 0 Å². The normalized spacial score (nSPS) is 23.6. The maximum atomic E-state index is 14.3. The third-order valence-corrected chi connectivity index (χ3v) is 6.38. The van der Waals surface area contributed by atoms with Crippen molar-refractivity contribution in [3.05, 3.63) is 63.1 Å². The SMILES string of the molecule is O=CNC1CCc2cc(N3CCC(c4cc(Cl)cc(Cl)c4)(C(F)(F)F)C3=O)ccc21. The summed E-state index contributed by atoms with van der Waals surface area (Å²) in [5.41, 5.74) is -0.723. The molecule has 2 aromatic rings. The van der Waals surface area contributed by atoms with E-state index in [1.165, 1.54) is 11.0 Å². The average molecular weight is 457 g/mol. The van der Waals surface area contributed by atoms with Gasteiger partial charge in [0.25, 0.3) is 0 Å². The number of hydrogen-bond donors (Lipinski definition) is 1. The Morgan fingerprint density at radius 3 is 2.47 bits per heavy atom. The number of alkyl halides is 3. The van der Waals surface area contributed by atoms with Gasteiger partial charge in [-0.2, -0.15) is 13.2 Å². The molecular formula is C21H17Cl2F3N2O2. The molecule has 4 rings (SSSR count). The summed E-state index contributed by atoms with van der Waals surface area (Å²) in [7, 11) is 0. The van der Waals surface area contributed by atoms with Gasteiger partial charge in [0, 0.05) is 22.3 Å². The Hall–Kier alpha value is -2.25. The fraction of sp³-hybridized carbons (Fsp3) is 0.333. The summed E-state index contributed by atoms with van der Waals surface area (Å²) in [6.45, 7) is -0.0860. The third-order valence-electron chi connectivity index (χ3n) is 5.95. The van der Waals surface area contributed by atoms with E-state index in [0.717, 1.165) is 23.3 Å². The molecule has 1 fully saturated rings. The highest BCUT2D eigenvalue weighted by Crippen LogP contribution is 2.50. The zero-order valence-electron chi connectivity index (χ0n) is 15.6. The quantitative estimate of drug-likeness (QED) is 0.660. The predicted octanol–water partition coefficient (Wildman–Crippen LogP) is 4.96. The smallest absolute Gasteiger partial charge is 0.352 e. The van der Waals surface area contributed by atoms with Crippen molar-refractivity contribution >= 4 is 41.2 Å². The zero-order valence-corrected chi connectivity index (χ0v) is 17.1. The molecule has 158 valence electrons. The first-order valence-corrected chi connectivity index (χ1v) is 10.1. The van der Waals surface area contributed by atoms with E-state index in [4.69, 9.17) is 23.2 Å². The number of halogens is 5. The molecule has 0 aromatic heterocycles. The zero-order chi connectivity index (χ0) is 21.7. The van der Waals surface area contributed by atoms with E-state index in [-0.39, 0.29) is 28.2 Å². The van der Waals surface area contributed by atoms with Gasteiger partial charge in [-0.3, -0.25) is 9.59 Å². The van der Waals surface area contributed by atoms with Crippen LogP contribution in [-0.2, 0) is 21.4 Å². The Morgan fingerprint density at radius 1 is 1.13 bits per heavy atom. The first kappa shape index (κ1) is 21.0. The van der Waals surface area contributed by atoms with Gasteiger partial charge in [-0.15, -0.1) is 0 Å². The number of hydrogen-bond acceptors (Lipinski definition) is 2. The van der Waals surface area contributed by atoms with Gasteiger partial charge in [-0.25, -0.2) is 0 Å². The lowest BCUT2D eigenvalue weighted by Crippen LogP contribution is -2.49. The monoisotopic (exact) mass is 456 g/mol. The molecule has 4 nitrogen and oxygen atoms in total. The van der Waals surface area contributed by atoms with Crippen LogP contribution < -0.4 is 10.2 Å². The van der Waals surface area contributed by atoms with Crippen LogP contribution in [0.25, 0.3) is 0 Å². The average Bonchev–Trinajstić information content (AvgIpc) is 3.22. The van der Waals surface area contributed by atoms with E-state index in [2.05, 4.69) is 5.32 Å². The molecule has 0 saturated carbocycles. The molecule has 2 aliphatic rings. The number of carbonyl (C=O) groups is 2. The molecule has 2 amide bonds. The minimum absolute atomic E-state index is 0.0404. The van der Waals surface area contributed by atoms with Crippen LogP contribution >= 0.6 is 23.2 Å². The topological polar surface area (TPSA) is 49.4 Å². The van der Waals surface area contributed by atoms with Crippen molar-refractivity contribution in [1.82, 2.24) is 5.32 Å². The molecule has 30 heavy (non-hydrogen) atoms. The van der Waals surface area contributed by atoms with Crippen molar-refractivity contribution in [2.75, 3.05) is 11.4 Å². The summed E-state index contributed by atoms with van der Waals surface area (Å²) in [6, 6.07) is 8.63.